The SMILES string of the molecule is CN1CCc2nc(C(=O)Nc3c(CNC(=O)c4ccc(Cl)s4)cccc3C(N)=O)sc2C1.Cl. The van der Waals surface area contributed by atoms with Crippen molar-refractivity contribution < 1.29 is 14.4 Å². The molecule has 12 heteroatoms. The zero-order chi connectivity index (χ0) is 22.8. The number of nitrogens with two attached hydrogens (primary N) is 1. The molecule has 4 rings (SSSR count). The number of hydrogen-bond donors (Lipinski definition) is 3. The van der Waals surface area contributed by atoms with E-state index in [9.17, 15) is 14.4 Å². The van der Waals surface area contributed by atoms with Gasteiger partial charge in [-0.3, -0.25) is 14.4 Å². The molecule has 0 saturated heterocycles. The summed E-state index contributed by atoms with van der Waals surface area (Å²) in [5, 5.41) is 5.90. The summed E-state index contributed by atoms with van der Waals surface area (Å²) in [6, 6.07) is 8.17. The van der Waals surface area contributed by atoms with Crippen molar-refractivity contribution in [1.82, 2.24) is 15.2 Å². The zero-order valence-electron chi connectivity index (χ0n) is 17.5. The number of primary amides is 1. The molecule has 0 saturated carbocycles. The molecule has 4 N–H and O–H groups in total. The number of nitrogens with zero attached hydrogens (tertiary/aromatic N) is 2. The number of hydrogen-bond acceptors (Lipinski definition) is 7. The number of anilines is 1. The van der Waals surface area contributed by atoms with E-state index in [0.717, 1.165) is 41.4 Å². The number of fused-ring (bicyclic) bond motifs is 1. The van der Waals surface area contributed by atoms with Crippen LogP contribution in [-0.4, -0.2) is 41.2 Å². The molecule has 1 aliphatic heterocycles. The fourth-order valence-corrected chi connectivity index (χ4v) is 5.43. The van der Waals surface area contributed by atoms with Crippen LogP contribution in [0.3, 0.4) is 0 Å². The van der Waals surface area contributed by atoms with Crippen LogP contribution in [0.2, 0.25) is 4.34 Å². The number of carbonyl (C=O) groups excluding carboxylic acids is 3. The monoisotopic (exact) mass is 525 g/mol. The van der Waals surface area contributed by atoms with E-state index < -0.39 is 11.8 Å². The van der Waals surface area contributed by atoms with E-state index in [2.05, 4.69) is 20.5 Å². The van der Waals surface area contributed by atoms with Crippen LogP contribution in [0.1, 0.15) is 46.0 Å². The van der Waals surface area contributed by atoms with Crippen molar-refractivity contribution in [3.05, 3.63) is 66.3 Å². The number of rotatable bonds is 6. The minimum absolute atomic E-state index is 0. The molecular formula is C21H21Cl2N5O3S2. The summed E-state index contributed by atoms with van der Waals surface area (Å²) in [6.07, 6.45) is 0.789. The second-order valence-corrected chi connectivity index (χ2v) is 10.1. The first-order valence-corrected chi connectivity index (χ1v) is 11.8. The van der Waals surface area contributed by atoms with Crippen molar-refractivity contribution in [1.29, 1.82) is 0 Å². The number of benzene rings is 1. The summed E-state index contributed by atoms with van der Waals surface area (Å²) >= 11 is 8.40. The Balaban J connectivity index is 0.00000306. The predicted octanol–water partition coefficient (Wildman–Crippen LogP) is 3.55. The second-order valence-electron chi connectivity index (χ2n) is 7.32. The first-order valence-electron chi connectivity index (χ1n) is 9.75. The van der Waals surface area contributed by atoms with Crippen LogP contribution in [-0.2, 0) is 19.5 Å². The van der Waals surface area contributed by atoms with Crippen LogP contribution in [0.15, 0.2) is 30.3 Å². The lowest BCUT2D eigenvalue weighted by Crippen LogP contribution is -2.25. The van der Waals surface area contributed by atoms with Gasteiger partial charge in [0.1, 0.15) is 0 Å². The molecular weight excluding hydrogens is 505 g/mol. The molecule has 8 nitrogen and oxygen atoms in total. The zero-order valence-corrected chi connectivity index (χ0v) is 20.7. The van der Waals surface area contributed by atoms with E-state index in [1.165, 1.54) is 17.4 Å². The molecule has 0 radical (unpaired) electrons. The quantitative estimate of drug-likeness (QED) is 0.454. The summed E-state index contributed by atoms with van der Waals surface area (Å²) < 4.78 is 0.510. The molecule has 174 valence electrons. The van der Waals surface area contributed by atoms with Gasteiger partial charge in [-0.2, -0.15) is 0 Å². The third-order valence-electron chi connectivity index (χ3n) is 5.01. The third kappa shape index (κ3) is 5.71. The molecule has 3 amide bonds. The van der Waals surface area contributed by atoms with Gasteiger partial charge in [0.05, 0.1) is 26.2 Å². The van der Waals surface area contributed by atoms with Gasteiger partial charge in [0, 0.05) is 30.9 Å². The van der Waals surface area contributed by atoms with Crippen molar-refractivity contribution in [3.63, 3.8) is 0 Å². The summed E-state index contributed by atoms with van der Waals surface area (Å²) in [5.41, 5.74) is 7.44. The number of carbonyl (C=O) groups is 3. The standard InChI is InChI=1S/C21H20ClN5O3S2.ClH/c1-27-8-7-13-15(10-27)32-21(25-13)20(30)26-17-11(3-2-4-12(17)18(23)28)9-24-19(29)14-5-6-16(22)31-14;/h2-6H,7-10H2,1H3,(H2,23,28)(H,24,29)(H,26,30);1H. The molecule has 0 aliphatic carbocycles. The lowest BCUT2D eigenvalue weighted by atomic mass is 10.1. The molecule has 0 unspecified atom stereocenters. The minimum atomic E-state index is -0.682. The van der Waals surface area contributed by atoms with Gasteiger partial charge in [-0.25, -0.2) is 4.98 Å². The van der Waals surface area contributed by atoms with Gasteiger partial charge in [-0.1, -0.05) is 23.7 Å². The number of likely N-dealkylation sites (N-methyl/N-ethyl adjacent to an activating group) is 1. The Kier molecular flexibility index (Phi) is 8.09. The molecule has 3 aromatic rings. The molecule has 0 bridgehead atoms. The van der Waals surface area contributed by atoms with E-state index in [4.69, 9.17) is 17.3 Å². The number of amides is 3. The summed E-state index contributed by atoms with van der Waals surface area (Å²) in [4.78, 5) is 45.6. The summed E-state index contributed by atoms with van der Waals surface area (Å²) in [5.74, 6) is -1.41. The van der Waals surface area contributed by atoms with E-state index >= 15 is 0 Å². The molecule has 33 heavy (non-hydrogen) atoms. The number of aromatic nitrogens is 1. The lowest BCUT2D eigenvalue weighted by molar-refractivity contribution is 0.0953. The van der Waals surface area contributed by atoms with Crippen molar-refractivity contribution >= 4 is 70.1 Å². The van der Waals surface area contributed by atoms with Gasteiger partial charge in [0.25, 0.3) is 17.7 Å². The van der Waals surface area contributed by atoms with Gasteiger partial charge in [-0.15, -0.1) is 35.1 Å². The van der Waals surface area contributed by atoms with Crippen LogP contribution in [0, 0.1) is 0 Å². The van der Waals surface area contributed by atoms with Crippen molar-refractivity contribution in [2.24, 2.45) is 5.73 Å². The predicted molar refractivity (Wildman–Crippen MR) is 133 cm³/mol. The number of para-hydroxylation sites is 1. The smallest absolute Gasteiger partial charge is 0.284 e. The third-order valence-corrected chi connectivity index (χ3v) is 7.32. The molecule has 0 atom stereocenters. The van der Waals surface area contributed by atoms with Gasteiger partial charge in [0.2, 0.25) is 0 Å². The Bertz CT molecular complexity index is 1210. The van der Waals surface area contributed by atoms with Crippen LogP contribution in [0.5, 0.6) is 0 Å². The Morgan fingerprint density at radius 3 is 2.67 bits per heavy atom. The number of nitrogens with one attached hydrogen (secondary N) is 2. The highest BCUT2D eigenvalue weighted by Crippen LogP contribution is 2.27. The van der Waals surface area contributed by atoms with Gasteiger partial charge < -0.3 is 21.3 Å². The van der Waals surface area contributed by atoms with Crippen molar-refractivity contribution in [2.45, 2.75) is 19.5 Å². The molecule has 1 aromatic carbocycles. The minimum Gasteiger partial charge on any atom is -0.366 e. The topological polar surface area (TPSA) is 117 Å². The molecule has 1 aliphatic rings. The van der Waals surface area contributed by atoms with Crippen molar-refractivity contribution in [2.75, 3.05) is 18.9 Å². The van der Waals surface area contributed by atoms with Gasteiger partial charge >= 0.3 is 0 Å². The molecule has 0 fully saturated rings. The number of thiophene rings is 1. The highest BCUT2D eigenvalue weighted by atomic mass is 35.5. The second kappa shape index (κ2) is 10.6. The maximum Gasteiger partial charge on any atom is 0.284 e. The van der Waals surface area contributed by atoms with Crippen LogP contribution in [0.4, 0.5) is 5.69 Å². The lowest BCUT2D eigenvalue weighted by Gasteiger charge is -2.20. The van der Waals surface area contributed by atoms with E-state index in [1.54, 1.807) is 24.3 Å². The Morgan fingerprint density at radius 1 is 1.18 bits per heavy atom. The van der Waals surface area contributed by atoms with Crippen molar-refractivity contribution in [3.8, 4) is 0 Å². The molecule has 2 aromatic heterocycles. The van der Waals surface area contributed by atoms with Crippen LogP contribution >= 0.6 is 46.7 Å². The average Bonchev–Trinajstić information content (AvgIpc) is 3.38. The highest BCUT2D eigenvalue weighted by molar-refractivity contribution is 7.18. The summed E-state index contributed by atoms with van der Waals surface area (Å²) in [6.45, 7) is 1.73. The average molecular weight is 526 g/mol. The normalized spacial score (nSPS) is 13.0. The first kappa shape index (κ1) is 25.1. The van der Waals surface area contributed by atoms with Crippen LogP contribution < -0.4 is 16.4 Å². The fraction of sp³-hybridized carbons (Fsp3) is 0.238. The largest absolute Gasteiger partial charge is 0.366 e. The van der Waals surface area contributed by atoms with Crippen LogP contribution in [0.25, 0.3) is 0 Å². The van der Waals surface area contributed by atoms with E-state index in [-0.39, 0.29) is 36.1 Å². The van der Waals surface area contributed by atoms with Gasteiger partial charge in [0.15, 0.2) is 5.01 Å². The number of thiazole rings is 1. The van der Waals surface area contributed by atoms with E-state index in [0.29, 0.717) is 19.8 Å². The Morgan fingerprint density at radius 2 is 1.97 bits per heavy atom. The Labute approximate surface area is 209 Å². The maximum atomic E-state index is 13.0. The Hall–Kier alpha value is -2.50. The fourth-order valence-electron chi connectivity index (χ4n) is 3.39. The summed E-state index contributed by atoms with van der Waals surface area (Å²) in [7, 11) is 2.02. The first-order chi connectivity index (χ1) is 15.3. The number of halogens is 2. The molecule has 3 heterocycles. The molecule has 0 spiro atoms. The maximum absolute atomic E-state index is 13.0. The van der Waals surface area contributed by atoms with Gasteiger partial charge in [-0.05, 0) is 30.8 Å². The van der Waals surface area contributed by atoms with E-state index in [1.807, 2.05) is 7.05 Å². The highest BCUT2D eigenvalue weighted by Gasteiger charge is 2.23.